The van der Waals surface area contributed by atoms with Crippen molar-refractivity contribution in [1.82, 2.24) is 15.3 Å². The van der Waals surface area contributed by atoms with Crippen molar-refractivity contribution < 1.29 is 23.0 Å². The second kappa shape index (κ2) is 8.27. The van der Waals surface area contributed by atoms with E-state index >= 15 is 0 Å². The van der Waals surface area contributed by atoms with E-state index in [9.17, 15) is 13.6 Å². The molecular formula is C22H20ClF2N5O3. The van der Waals surface area contributed by atoms with Crippen LogP contribution in [-0.2, 0) is 4.74 Å². The van der Waals surface area contributed by atoms with Crippen LogP contribution in [0.15, 0.2) is 30.6 Å². The summed E-state index contributed by atoms with van der Waals surface area (Å²) in [6.07, 6.45) is 2.19. The monoisotopic (exact) mass is 475 g/mol. The van der Waals surface area contributed by atoms with E-state index in [2.05, 4.69) is 20.6 Å². The van der Waals surface area contributed by atoms with Crippen molar-refractivity contribution in [3.05, 3.63) is 47.2 Å². The molecule has 33 heavy (non-hydrogen) atoms. The van der Waals surface area contributed by atoms with Gasteiger partial charge < -0.3 is 20.1 Å². The highest BCUT2D eigenvalue weighted by Crippen LogP contribution is 2.41. The molecule has 0 saturated carbocycles. The summed E-state index contributed by atoms with van der Waals surface area (Å²) in [5.41, 5.74) is -0.0895. The number of fused-ring (bicyclic) bond motifs is 1. The number of halogens is 3. The summed E-state index contributed by atoms with van der Waals surface area (Å²) < 4.78 is 40.1. The lowest BCUT2D eigenvalue weighted by Crippen LogP contribution is -2.44. The molecule has 2 saturated heterocycles. The number of ether oxygens (including phenoxy) is 2. The maximum Gasteiger partial charge on any atom is 0.415 e. The zero-order valence-electron chi connectivity index (χ0n) is 17.6. The number of rotatable bonds is 4. The van der Waals surface area contributed by atoms with Crippen LogP contribution in [0.5, 0.6) is 5.75 Å². The second-order valence-corrected chi connectivity index (χ2v) is 8.40. The normalized spacial score (nSPS) is 17.5. The number of methoxy groups -OCH3 is 1. The number of piperidine rings is 1. The van der Waals surface area contributed by atoms with Gasteiger partial charge in [0.25, 0.3) is 0 Å². The number of benzene rings is 2. The third-order valence-electron chi connectivity index (χ3n) is 6.00. The first-order valence-electron chi connectivity index (χ1n) is 10.4. The Bertz CT molecular complexity index is 1250. The van der Waals surface area contributed by atoms with Crippen LogP contribution in [-0.4, -0.2) is 48.4 Å². The molecule has 0 radical (unpaired) electrons. The zero-order chi connectivity index (χ0) is 23.2. The van der Waals surface area contributed by atoms with Gasteiger partial charge in [-0.2, -0.15) is 0 Å². The van der Waals surface area contributed by atoms with E-state index in [0.29, 0.717) is 41.7 Å². The predicted molar refractivity (Wildman–Crippen MR) is 119 cm³/mol. The fourth-order valence-electron chi connectivity index (χ4n) is 4.26. The van der Waals surface area contributed by atoms with Crippen LogP contribution in [0.1, 0.15) is 12.8 Å². The SMILES string of the molecule is COc1cc2ncnc(Nc3c(F)ccc(Cl)c3F)c2cc1N1CC2(CCNCC2)OC1=O. The minimum atomic E-state index is -0.937. The van der Waals surface area contributed by atoms with Crippen LogP contribution in [0.25, 0.3) is 10.9 Å². The van der Waals surface area contributed by atoms with E-state index in [1.165, 1.54) is 18.3 Å². The van der Waals surface area contributed by atoms with Crippen molar-refractivity contribution in [2.24, 2.45) is 0 Å². The van der Waals surface area contributed by atoms with Gasteiger partial charge in [-0.15, -0.1) is 0 Å². The third-order valence-corrected chi connectivity index (χ3v) is 6.29. The minimum absolute atomic E-state index is 0.146. The molecule has 2 aliphatic rings. The highest BCUT2D eigenvalue weighted by molar-refractivity contribution is 6.31. The molecule has 0 bridgehead atoms. The van der Waals surface area contributed by atoms with Crippen molar-refractivity contribution in [3.63, 3.8) is 0 Å². The van der Waals surface area contributed by atoms with E-state index in [-0.39, 0.29) is 10.8 Å². The van der Waals surface area contributed by atoms with Crippen LogP contribution in [0.3, 0.4) is 0 Å². The van der Waals surface area contributed by atoms with Crippen LogP contribution in [0, 0.1) is 11.6 Å². The molecule has 2 N–H and O–H groups in total. The molecular weight excluding hydrogens is 456 g/mol. The Kier molecular flexibility index (Phi) is 5.41. The van der Waals surface area contributed by atoms with Gasteiger partial charge in [-0.3, -0.25) is 4.90 Å². The van der Waals surface area contributed by atoms with Gasteiger partial charge in [-0.1, -0.05) is 11.6 Å². The molecule has 11 heteroatoms. The van der Waals surface area contributed by atoms with E-state index in [1.807, 2.05) is 0 Å². The van der Waals surface area contributed by atoms with Crippen molar-refractivity contribution in [2.75, 3.05) is 37.0 Å². The Hall–Kier alpha value is -3.24. The van der Waals surface area contributed by atoms with Gasteiger partial charge in [0.05, 0.1) is 29.9 Å². The number of nitrogens with zero attached hydrogens (tertiary/aromatic N) is 3. The maximum atomic E-state index is 14.5. The Labute approximate surface area is 192 Å². The summed E-state index contributed by atoms with van der Waals surface area (Å²) in [6.45, 7) is 1.88. The second-order valence-electron chi connectivity index (χ2n) is 7.99. The summed E-state index contributed by atoms with van der Waals surface area (Å²) in [6, 6.07) is 5.49. The fourth-order valence-corrected chi connectivity index (χ4v) is 4.42. The molecule has 3 aromatic rings. The Morgan fingerprint density at radius 3 is 2.79 bits per heavy atom. The number of hydrogen-bond acceptors (Lipinski definition) is 7. The number of nitrogens with one attached hydrogen (secondary N) is 2. The number of aromatic nitrogens is 2. The summed E-state index contributed by atoms with van der Waals surface area (Å²) in [5.74, 6) is -1.20. The molecule has 0 unspecified atom stereocenters. The molecule has 0 atom stereocenters. The molecule has 2 aromatic carbocycles. The van der Waals surface area contributed by atoms with Crippen molar-refractivity contribution in [1.29, 1.82) is 0 Å². The molecule has 5 rings (SSSR count). The van der Waals surface area contributed by atoms with E-state index in [4.69, 9.17) is 21.1 Å². The largest absolute Gasteiger partial charge is 0.494 e. The van der Waals surface area contributed by atoms with Gasteiger partial charge >= 0.3 is 6.09 Å². The number of amides is 1. The Balaban J connectivity index is 1.58. The maximum absolute atomic E-state index is 14.5. The summed E-state index contributed by atoms with van der Waals surface area (Å²) in [4.78, 5) is 22.7. The first kappa shape index (κ1) is 21.6. The average molecular weight is 476 g/mol. The molecule has 0 aliphatic carbocycles. The Morgan fingerprint density at radius 1 is 1.24 bits per heavy atom. The molecule has 2 fully saturated rings. The molecule has 8 nitrogen and oxygen atoms in total. The van der Waals surface area contributed by atoms with Crippen molar-refractivity contribution >= 4 is 45.8 Å². The van der Waals surface area contributed by atoms with Crippen molar-refractivity contribution in [2.45, 2.75) is 18.4 Å². The fraction of sp³-hybridized carbons (Fsp3) is 0.318. The van der Waals surface area contributed by atoms with Crippen LogP contribution in [0.2, 0.25) is 5.02 Å². The van der Waals surface area contributed by atoms with E-state index < -0.39 is 29.0 Å². The quantitative estimate of drug-likeness (QED) is 0.541. The van der Waals surface area contributed by atoms with Gasteiger partial charge in [0, 0.05) is 24.3 Å². The number of anilines is 3. The lowest BCUT2D eigenvalue weighted by molar-refractivity contribution is 0.0316. The smallest absolute Gasteiger partial charge is 0.415 e. The summed E-state index contributed by atoms with van der Waals surface area (Å²) in [7, 11) is 1.49. The number of hydrogen-bond donors (Lipinski definition) is 2. The molecule has 1 amide bonds. The molecule has 1 aromatic heterocycles. The third kappa shape index (κ3) is 3.79. The van der Waals surface area contributed by atoms with Gasteiger partial charge in [-0.25, -0.2) is 23.5 Å². The first-order chi connectivity index (χ1) is 15.9. The topological polar surface area (TPSA) is 88.6 Å². The highest BCUT2D eigenvalue weighted by Gasteiger charge is 2.47. The van der Waals surface area contributed by atoms with E-state index in [1.54, 1.807) is 12.1 Å². The van der Waals surface area contributed by atoms with E-state index in [0.717, 1.165) is 25.2 Å². The zero-order valence-corrected chi connectivity index (χ0v) is 18.4. The summed E-state index contributed by atoms with van der Waals surface area (Å²) >= 11 is 5.81. The molecule has 3 heterocycles. The highest BCUT2D eigenvalue weighted by atomic mass is 35.5. The van der Waals surface area contributed by atoms with Crippen molar-refractivity contribution in [3.8, 4) is 5.75 Å². The molecule has 172 valence electrons. The van der Waals surface area contributed by atoms with Crippen LogP contribution >= 0.6 is 11.6 Å². The number of carbonyl (C=O) groups excluding carboxylic acids is 1. The first-order valence-corrected chi connectivity index (χ1v) is 10.7. The summed E-state index contributed by atoms with van der Waals surface area (Å²) in [5, 5.41) is 6.15. The predicted octanol–water partition coefficient (Wildman–Crippen LogP) is 4.39. The van der Waals surface area contributed by atoms with Gasteiger partial charge in [-0.05, 0) is 31.3 Å². The Morgan fingerprint density at radius 2 is 2.03 bits per heavy atom. The molecule has 2 aliphatic heterocycles. The minimum Gasteiger partial charge on any atom is -0.494 e. The average Bonchev–Trinajstić information content (AvgIpc) is 3.13. The van der Waals surface area contributed by atoms with Gasteiger partial charge in [0.2, 0.25) is 0 Å². The lowest BCUT2D eigenvalue weighted by atomic mass is 9.92. The van der Waals surface area contributed by atoms with Gasteiger partial charge in [0.15, 0.2) is 5.82 Å². The van der Waals surface area contributed by atoms with Crippen LogP contribution in [0.4, 0.5) is 30.8 Å². The number of carbonyl (C=O) groups is 1. The standard InChI is InChI=1S/C22H20ClF2N5O3/c1-32-17-9-15-12(8-16(17)30-10-22(33-21(30)31)4-6-26-7-5-22)20(28-11-27-15)29-19-14(24)3-2-13(23)18(19)25/h2-3,8-9,11,26H,4-7,10H2,1H3,(H,27,28,29). The lowest BCUT2D eigenvalue weighted by Gasteiger charge is -2.31. The van der Waals surface area contributed by atoms with Crippen LogP contribution < -0.4 is 20.3 Å². The van der Waals surface area contributed by atoms with Gasteiger partial charge in [0.1, 0.15) is 35.0 Å². The molecule has 1 spiro atoms.